The van der Waals surface area contributed by atoms with Crippen LogP contribution in [0.5, 0.6) is 0 Å². The van der Waals surface area contributed by atoms with Crippen molar-refractivity contribution in [2.24, 2.45) is 22.4 Å². The van der Waals surface area contributed by atoms with E-state index in [0.717, 1.165) is 0 Å². The second-order valence-corrected chi connectivity index (χ2v) is 8.10. The molecule has 3 amide bonds. The van der Waals surface area contributed by atoms with Crippen LogP contribution in [-0.4, -0.2) is 86.9 Å². The number of nitrogens with one attached hydrogen (secondary N) is 1. The Morgan fingerprint density at radius 2 is 1.88 bits per heavy atom. The lowest BCUT2D eigenvalue weighted by atomic mass is 9.92. The van der Waals surface area contributed by atoms with Crippen molar-refractivity contribution in [1.82, 2.24) is 10.2 Å². The Hall–Kier alpha value is -3.42. The van der Waals surface area contributed by atoms with Crippen molar-refractivity contribution in [3.63, 3.8) is 0 Å². The molecule has 0 bridgehead atoms. The summed E-state index contributed by atoms with van der Waals surface area (Å²) in [6, 6.07) is -2.89. The minimum absolute atomic E-state index is 0.0134. The third-order valence-electron chi connectivity index (χ3n) is 5.64. The first-order valence-corrected chi connectivity index (χ1v) is 10.5. The van der Waals surface area contributed by atoms with E-state index in [2.05, 4.69) is 10.3 Å². The Bertz CT molecular complexity index is 813. The van der Waals surface area contributed by atoms with Gasteiger partial charge in [0.2, 0.25) is 11.8 Å². The zero-order chi connectivity index (χ0) is 24.7. The molecule has 5 atom stereocenters. The number of carboxylic acids is 2. The minimum Gasteiger partial charge on any atom is -0.481 e. The highest BCUT2D eigenvalue weighted by molar-refractivity contribution is 5.92. The number of carboxylic acid groups (broad SMARTS) is 2. The number of aliphatic imine (C=N–C) groups is 1. The second kappa shape index (κ2) is 11.4. The van der Waals surface area contributed by atoms with Gasteiger partial charge >= 0.3 is 18.0 Å². The van der Waals surface area contributed by atoms with Gasteiger partial charge in [-0.05, 0) is 32.1 Å². The monoisotopic (exact) mass is 471 g/mol. The van der Waals surface area contributed by atoms with Crippen LogP contribution in [0.2, 0.25) is 0 Å². The lowest BCUT2D eigenvalue weighted by molar-refractivity contribution is -0.148. The molecule has 2 aliphatic rings. The topological polar surface area (TPSA) is 235 Å². The lowest BCUT2D eigenvalue weighted by Gasteiger charge is -2.39. The number of nitrogens with zero attached hydrogens (tertiary/aromatic N) is 2. The van der Waals surface area contributed by atoms with E-state index >= 15 is 0 Å². The van der Waals surface area contributed by atoms with Crippen LogP contribution in [0, 0.1) is 5.92 Å². The molecule has 0 radical (unpaired) electrons. The van der Waals surface area contributed by atoms with Crippen LogP contribution >= 0.6 is 0 Å². The van der Waals surface area contributed by atoms with Crippen molar-refractivity contribution >= 4 is 35.8 Å². The maximum Gasteiger partial charge on any atom is 0.436 e. The molecule has 2 rings (SSSR count). The number of aliphatic carboxylic acids is 2. The highest BCUT2D eigenvalue weighted by Gasteiger charge is 2.49. The van der Waals surface area contributed by atoms with Crippen LogP contribution in [-0.2, 0) is 23.9 Å². The number of aliphatic hydroxyl groups is 1. The van der Waals surface area contributed by atoms with Gasteiger partial charge in [0.15, 0.2) is 5.96 Å². The smallest absolute Gasteiger partial charge is 0.436 e. The number of piperidine rings is 1. The van der Waals surface area contributed by atoms with Crippen LogP contribution in [0.3, 0.4) is 0 Å². The average molecular weight is 471 g/mol. The molecule has 2 heterocycles. The summed E-state index contributed by atoms with van der Waals surface area (Å²) in [5.41, 5.74) is 10.1. The molecule has 2 aliphatic heterocycles. The van der Waals surface area contributed by atoms with E-state index in [1.165, 1.54) is 4.90 Å². The van der Waals surface area contributed by atoms with Gasteiger partial charge in [-0.25, -0.2) is 9.59 Å². The number of fused-ring (bicyclic) bond motifs is 1. The number of hydrogen-bond acceptors (Lipinski definition) is 7. The predicted octanol–water partition coefficient (Wildman–Crippen LogP) is -1.65. The zero-order valence-corrected chi connectivity index (χ0v) is 17.9. The van der Waals surface area contributed by atoms with Crippen LogP contribution in [0.1, 0.15) is 44.9 Å². The molecule has 0 spiro atoms. The van der Waals surface area contributed by atoms with Crippen LogP contribution in [0.25, 0.3) is 0 Å². The summed E-state index contributed by atoms with van der Waals surface area (Å²) in [7, 11) is 0. The number of hydrogen-bond donors (Lipinski definition) is 6. The Morgan fingerprint density at radius 1 is 1.18 bits per heavy atom. The molecule has 0 aromatic rings. The zero-order valence-electron chi connectivity index (χ0n) is 17.9. The van der Waals surface area contributed by atoms with E-state index in [4.69, 9.17) is 21.3 Å². The molecule has 0 saturated carbocycles. The maximum absolute atomic E-state index is 13.0. The van der Waals surface area contributed by atoms with E-state index in [-0.39, 0.29) is 31.8 Å². The quantitative estimate of drug-likeness (QED) is 0.120. The molecule has 0 unspecified atom stereocenters. The fraction of sp³-hybridized carbons (Fsp3) is 0.684. The summed E-state index contributed by atoms with van der Waals surface area (Å²) in [6.07, 6.45) is -1.23. The minimum atomic E-state index is -1.43. The summed E-state index contributed by atoms with van der Waals surface area (Å²) in [6.45, 7) is -0.0134. The number of carbonyl (C=O) groups excluding carboxylic acids is 3. The van der Waals surface area contributed by atoms with E-state index in [9.17, 15) is 34.2 Å². The molecular formula is C19H29N5O9. The van der Waals surface area contributed by atoms with Gasteiger partial charge in [0.25, 0.3) is 0 Å². The number of ether oxygens (including phenoxy) is 1. The molecule has 8 N–H and O–H groups in total. The van der Waals surface area contributed by atoms with Crippen molar-refractivity contribution in [3.8, 4) is 0 Å². The van der Waals surface area contributed by atoms with Gasteiger partial charge in [-0.1, -0.05) is 0 Å². The molecule has 0 aromatic heterocycles. The number of guanidine groups is 1. The second-order valence-electron chi connectivity index (χ2n) is 8.10. The van der Waals surface area contributed by atoms with Crippen molar-refractivity contribution in [2.75, 3.05) is 6.61 Å². The molecule has 14 nitrogen and oxygen atoms in total. The van der Waals surface area contributed by atoms with Gasteiger partial charge in [0.05, 0.1) is 12.7 Å². The van der Waals surface area contributed by atoms with Gasteiger partial charge in [-0.3, -0.25) is 14.4 Å². The molecule has 2 fully saturated rings. The van der Waals surface area contributed by atoms with Crippen molar-refractivity contribution in [2.45, 2.75) is 69.2 Å². The fourth-order valence-electron chi connectivity index (χ4n) is 4.23. The van der Waals surface area contributed by atoms with Gasteiger partial charge in [0.1, 0.15) is 12.1 Å². The predicted molar refractivity (Wildman–Crippen MR) is 111 cm³/mol. The molecular weight excluding hydrogens is 442 g/mol. The van der Waals surface area contributed by atoms with Crippen LogP contribution in [0.4, 0.5) is 4.79 Å². The maximum atomic E-state index is 13.0. The van der Waals surface area contributed by atoms with Crippen molar-refractivity contribution in [1.29, 1.82) is 0 Å². The van der Waals surface area contributed by atoms with Crippen molar-refractivity contribution in [3.05, 3.63) is 0 Å². The van der Waals surface area contributed by atoms with Crippen LogP contribution < -0.4 is 16.8 Å². The lowest BCUT2D eigenvalue weighted by Crippen LogP contribution is -2.58. The Kier molecular flexibility index (Phi) is 8.96. The third-order valence-corrected chi connectivity index (χ3v) is 5.64. The summed E-state index contributed by atoms with van der Waals surface area (Å²) in [4.78, 5) is 63.8. The van der Waals surface area contributed by atoms with E-state index in [1.807, 2.05) is 0 Å². The first-order valence-electron chi connectivity index (χ1n) is 10.5. The summed E-state index contributed by atoms with van der Waals surface area (Å²) in [5.74, 6) is -4.54. The number of rotatable bonds is 10. The number of nitrogens with two attached hydrogens (primary N) is 2. The Balaban J connectivity index is 1.98. The number of aliphatic hydroxyl groups excluding tert-OH is 1. The normalized spacial score (nSPS) is 25.0. The van der Waals surface area contributed by atoms with E-state index in [0.29, 0.717) is 19.3 Å². The van der Waals surface area contributed by atoms with Gasteiger partial charge in [0, 0.05) is 24.8 Å². The largest absolute Gasteiger partial charge is 0.481 e. The van der Waals surface area contributed by atoms with E-state index < -0.39 is 66.5 Å². The highest BCUT2D eigenvalue weighted by Crippen LogP contribution is 2.37. The molecule has 33 heavy (non-hydrogen) atoms. The fourth-order valence-corrected chi connectivity index (χ4v) is 4.23. The average Bonchev–Trinajstić information content (AvgIpc) is 3.01. The molecule has 2 saturated heterocycles. The summed E-state index contributed by atoms with van der Waals surface area (Å²) in [5, 5.41) is 30.6. The molecule has 0 aliphatic carbocycles. The Labute approximate surface area is 188 Å². The van der Waals surface area contributed by atoms with Gasteiger partial charge in [-0.2, -0.15) is 0 Å². The molecule has 184 valence electrons. The summed E-state index contributed by atoms with van der Waals surface area (Å²) >= 11 is 0. The Morgan fingerprint density at radius 3 is 2.48 bits per heavy atom. The SMILES string of the molecule is NC(N)=NC(=O)OCCC[C@@H]1C[C@@H]2C[C@H](O)C[C@@H](C(=O)N[C@@H](CCC(=O)O)C(=O)O)N2C1=O. The third kappa shape index (κ3) is 7.30. The first-order chi connectivity index (χ1) is 15.5. The highest BCUT2D eigenvalue weighted by atomic mass is 16.5. The summed E-state index contributed by atoms with van der Waals surface area (Å²) < 4.78 is 4.84. The van der Waals surface area contributed by atoms with Gasteiger partial charge < -0.3 is 41.7 Å². The molecule has 0 aromatic carbocycles. The van der Waals surface area contributed by atoms with Crippen molar-refractivity contribution < 1.29 is 44.0 Å². The molecule has 14 heteroatoms. The van der Waals surface area contributed by atoms with E-state index in [1.54, 1.807) is 0 Å². The first kappa shape index (κ1) is 25.8. The van der Waals surface area contributed by atoms with Crippen LogP contribution in [0.15, 0.2) is 4.99 Å². The number of carbonyl (C=O) groups is 5. The van der Waals surface area contributed by atoms with Gasteiger partial charge in [-0.15, -0.1) is 4.99 Å². The standard InChI is InChI=1S/C19H29N5O9/c20-18(21)23-19(32)33-5-1-2-9-6-10-7-11(25)8-13(24(10)16(9)29)15(28)22-12(17(30)31)3-4-14(26)27/h9-13,25H,1-8H2,(H,22,28)(H,26,27)(H,30,31)(H4,20,21,23,32)/t9-,10-,11+,12+,13+/m1/s1. The number of amides is 3.